The molecule has 0 bridgehead atoms. The zero-order valence-corrected chi connectivity index (χ0v) is 15.0. The highest BCUT2D eigenvalue weighted by Crippen LogP contribution is 2.14. The minimum atomic E-state index is -0.246. The lowest BCUT2D eigenvalue weighted by molar-refractivity contribution is 0.0943. The first-order chi connectivity index (χ1) is 12.7. The molecular formula is C20H22N4O2. The highest BCUT2D eigenvalue weighted by molar-refractivity contribution is 5.92. The lowest BCUT2D eigenvalue weighted by Gasteiger charge is -2.21. The van der Waals surface area contributed by atoms with Crippen LogP contribution in [0.1, 0.15) is 34.4 Å². The van der Waals surface area contributed by atoms with Gasteiger partial charge in [0.2, 0.25) is 5.95 Å². The van der Waals surface area contributed by atoms with Gasteiger partial charge in [-0.05, 0) is 37.6 Å². The van der Waals surface area contributed by atoms with E-state index < -0.39 is 0 Å². The first-order valence-corrected chi connectivity index (χ1v) is 8.61. The number of aromatic nitrogens is 2. The molecule has 2 aromatic heterocycles. The van der Waals surface area contributed by atoms with Crippen LogP contribution in [0.5, 0.6) is 0 Å². The average Bonchev–Trinajstić information content (AvgIpc) is 3.18. The molecule has 6 nitrogen and oxygen atoms in total. The maximum Gasteiger partial charge on any atom is 0.270 e. The molecule has 0 spiro atoms. The maximum absolute atomic E-state index is 12.5. The van der Waals surface area contributed by atoms with Crippen LogP contribution in [0.2, 0.25) is 0 Å². The maximum atomic E-state index is 12.5. The van der Waals surface area contributed by atoms with Crippen molar-refractivity contribution in [2.45, 2.75) is 26.9 Å². The van der Waals surface area contributed by atoms with E-state index in [2.05, 4.69) is 27.4 Å². The SMILES string of the molecule is CCN(Cc1ccccc1)c1nc(C)cc(C(=O)NCc2ccco2)n1. The van der Waals surface area contributed by atoms with Gasteiger partial charge in [-0.3, -0.25) is 4.79 Å². The van der Waals surface area contributed by atoms with Gasteiger partial charge >= 0.3 is 0 Å². The third-order valence-corrected chi connectivity index (χ3v) is 3.96. The predicted molar refractivity (Wildman–Crippen MR) is 99.8 cm³/mol. The van der Waals surface area contributed by atoms with E-state index in [4.69, 9.17) is 4.42 Å². The van der Waals surface area contributed by atoms with Gasteiger partial charge in [-0.2, -0.15) is 0 Å². The van der Waals surface area contributed by atoms with Gasteiger partial charge in [0, 0.05) is 18.8 Å². The molecule has 26 heavy (non-hydrogen) atoms. The lowest BCUT2D eigenvalue weighted by Crippen LogP contribution is -2.28. The quantitative estimate of drug-likeness (QED) is 0.708. The standard InChI is InChI=1S/C20H22N4O2/c1-3-24(14-16-8-5-4-6-9-16)20-22-15(2)12-18(23-20)19(25)21-13-17-10-7-11-26-17/h4-12H,3,13-14H2,1-2H3,(H,21,25). The summed E-state index contributed by atoms with van der Waals surface area (Å²) in [6.45, 7) is 5.67. The molecule has 2 heterocycles. The Kier molecular flexibility index (Phi) is 5.63. The third kappa shape index (κ3) is 4.47. The Morgan fingerprint density at radius 2 is 1.96 bits per heavy atom. The molecule has 6 heteroatoms. The van der Waals surface area contributed by atoms with E-state index in [1.807, 2.05) is 43.0 Å². The van der Waals surface area contributed by atoms with Gasteiger partial charge in [0.05, 0.1) is 12.8 Å². The van der Waals surface area contributed by atoms with E-state index in [1.165, 1.54) is 5.56 Å². The van der Waals surface area contributed by atoms with Crippen LogP contribution < -0.4 is 10.2 Å². The van der Waals surface area contributed by atoms with Crippen LogP contribution in [0.25, 0.3) is 0 Å². The zero-order valence-electron chi connectivity index (χ0n) is 15.0. The van der Waals surface area contributed by atoms with E-state index in [0.717, 1.165) is 12.2 Å². The number of carbonyl (C=O) groups excluding carboxylic acids is 1. The summed E-state index contributed by atoms with van der Waals surface area (Å²) in [7, 11) is 0. The molecule has 134 valence electrons. The van der Waals surface area contributed by atoms with Crippen molar-refractivity contribution in [1.82, 2.24) is 15.3 Å². The van der Waals surface area contributed by atoms with E-state index >= 15 is 0 Å². The monoisotopic (exact) mass is 350 g/mol. The number of amides is 1. The number of furan rings is 1. The number of anilines is 1. The smallest absolute Gasteiger partial charge is 0.270 e. The summed E-state index contributed by atoms with van der Waals surface area (Å²) in [5, 5.41) is 2.82. The van der Waals surface area contributed by atoms with Crippen molar-refractivity contribution in [3.05, 3.63) is 77.5 Å². The fourth-order valence-electron chi connectivity index (χ4n) is 2.61. The largest absolute Gasteiger partial charge is 0.467 e. The van der Waals surface area contributed by atoms with Gasteiger partial charge in [-0.15, -0.1) is 0 Å². The highest BCUT2D eigenvalue weighted by atomic mass is 16.3. The number of rotatable bonds is 7. The number of aryl methyl sites for hydroxylation is 1. The number of benzene rings is 1. The van der Waals surface area contributed by atoms with E-state index in [9.17, 15) is 4.79 Å². The normalized spacial score (nSPS) is 10.5. The van der Waals surface area contributed by atoms with Crippen LogP contribution in [-0.2, 0) is 13.1 Å². The third-order valence-electron chi connectivity index (χ3n) is 3.96. The predicted octanol–water partition coefficient (Wildman–Crippen LogP) is 3.33. The Bertz CT molecular complexity index is 848. The summed E-state index contributed by atoms with van der Waals surface area (Å²) < 4.78 is 5.23. The summed E-state index contributed by atoms with van der Waals surface area (Å²) in [5.74, 6) is 1.01. The molecule has 0 saturated carbocycles. The number of nitrogens with one attached hydrogen (secondary N) is 1. The molecule has 1 N–H and O–H groups in total. The van der Waals surface area contributed by atoms with Crippen molar-refractivity contribution in [3.63, 3.8) is 0 Å². The van der Waals surface area contributed by atoms with Crippen molar-refractivity contribution in [1.29, 1.82) is 0 Å². The first kappa shape index (κ1) is 17.7. The van der Waals surface area contributed by atoms with Crippen molar-refractivity contribution in [2.75, 3.05) is 11.4 Å². The molecule has 0 aliphatic heterocycles. The van der Waals surface area contributed by atoms with Crippen LogP contribution in [0.15, 0.2) is 59.2 Å². The van der Waals surface area contributed by atoms with E-state index in [1.54, 1.807) is 18.4 Å². The summed E-state index contributed by atoms with van der Waals surface area (Å²) in [6.07, 6.45) is 1.58. The second-order valence-electron chi connectivity index (χ2n) is 5.96. The first-order valence-electron chi connectivity index (χ1n) is 8.61. The Hall–Kier alpha value is -3.15. The van der Waals surface area contributed by atoms with Crippen molar-refractivity contribution in [2.24, 2.45) is 0 Å². The lowest BCUT2D eigenvalue weighted by atomic mass is 10.2. The van der Waals surface area contributed by atoms with Crippen LogP contribution in [0, 0.1) is 6.92 Å². The fourth-order valence-corrected chi connectivity index (χ4v) is 2.61. The summed E-state index contributed by atoms with van der Waals surface area (Å²) in [4.78, 5) is 23.5. The summed E-state index contributed by atoms with van der Waals surface area (Å²) >= 11 is 0. The molecule has 0 atom stereocenters. The van der Waals surface area contributed by atoms with Crippen molar-refractivity contribution in [3.8, 4) is 0 Å². The molecule has 3 rings (SSSR count). The fraction of sp³-hybridized carbons (Fsp3) is 0.250. The molecule has 1 amide bonds. The van der Waals surface area contributed by atoms with Crippen LogP contribution in [0.3, 0.4) is 0 Å². The van der Waals surface area contributed by atoms with Gasteiger partial charge in [0.25, 0.3) is 5.91 Å². The van der Waals surface area contributed by atoms with E-state index in [0.29, 0.717) is 30.5 Å². The topological polar surface area (TPSA) is 71.3 Å². The molecule has 0 unspecified atom stereocenters. The molecule has 0 saturated heterocycles. The van der Waals surface area contributed by atoms with Crippen molar-refractivity contribution >= 4 is 11.9 Å². The minimum absolute atomic E-state index is 0.246. The number of carbonyl (C=O) groups is 1. The minimum Gasteiger partial charge on any atom is -0.467 e. The number of nitrogens with zero attached hydrogens (tertiary/aromatic N) is 3. The van der Waals surface area contributed by atoms with Crippen molar-refractivity contribution < 1.29 is 9.21 Å². The molecule has 0 aliphatic carbocycles. The van der Waals surface area contributed by atoms with Crippen LogP contribution in [0.4, 0.5) is 5.95 Å². The number of hydrogen-bond donors (Lipinski definition) is 1. The van der Waals surface area contributed by atoms with E-state index in [-0.39, 0.29) is 5.91 Å². The molecule has 0 radical (unpaired) electrons. The highest BCUT2D eigenvalue weighted by Gasteiger charge is 2.15. The average molecular weight is 350 g/mol. The number of hydrogen-bond acceptors (Lipinski definition) is 5. The van der Waals surface area contributed by atoms with Crippen LogP contribution in [-0.4, -0.2) is 22.4 Å². The summed E-state index contributed by atoms with van der Waals surface area (Å²) in [5.41, 5.74) is 2.28. The van der Waals surface area contributed by atoms with Gasteiger partial charge in [-0.25, -0.2) is 9.97 Å². The second kappa shape index (κ2) is 8.29. The Morgan fingerprint density at radius 1 is 1.15 bits per heavy atom. The zero-order chi connectivity index (χ0) is 18.4. The Morgan fingerprint density at radius 3 is 2.65 bits per heavy atom. The van der Waals surface area contributed by atoms with Crippen LogP contribution >= 0.6 is 0 Å². The van der Waals surface area contributed by atoms with Gasteiger partial charge < -0.3 is 14.6 Å². The molecule has 0 aliphatic rings. The summed E-state index contributed by atoms with van der Waals surface area (Å²) in [6, 6.07) is 15.4. The Balaban J connectivity index is 1.76. The molecule has 1 aromatic carbocycles. The molecule has 3 aromatic rings. The van der Waals surface area contributed by atoms with Gasteiger partial charge in [0.1, 0.15) is 11.5 Å². The van der Waals surface area contributed by atoms with Gasteiger partial charge in [0.15, 0.2) is 0 Å². The molecule has 0 fully saturated rings. The Labute approximate surface area is 152 Å². The van der Waals surface area contributed by atoms with Gasteiger partial charge in [-0.1, -0.05) is 30.3 Å². The molecular weight excluding hydrogens is 328 g/mol. The second-order valence-corrected chi connectivity index (χ2v) is 5.96.